The van der Waals surface area contributed by atoms with Gasteiger partial charge in [0, 0.05) is 31.6 Å². The highest BCUT2D eigenvalue weighted by Crippen LogP contribution is 2.27. The van der Waals surface area contributed by atoms with E-state index in [-0.39, 0.29) is 11.3 Å². The molecule has 1 N–H and O–H groups in total. The Labute approximate surface area is 164 Å². The molecule has 0 amide bonds. The second-order valence-electron chi connectivity index (χ2n) is 7.37. The minimum Gasteiger partial charge on any atom is -0.507 e. The number of hydrogen-bond acceptors (Lipinski definition) is 4. The molecule has 0 spiro atoms. The van der Waals surface area contributed by atoms with Crippen molar-refractivity contribution in [1.82, 2.24) is 14.5 Å². The van der Waals surface area contributed by atoms with Gasteiger partial charge >= 0.3 is 0 Å². The van der Waals surface area contributed by atoms with Crippen LogP contribution in [0.3, 0.4) is 0 Å². The lowest BCUT2D eigenvalue weighted by Crippen LogP contribution is -2.29. The number of rotatable bonds is 4. The SMILES string of the molecule is CN1CCc2nc(-c3ccccc3O)n(CCc3ccccc3)c(=O)c2CC1. The Balaban J connectivity index is 1.82. The smallest absolute Gasteiger partial charge is 0.257 e. The summed E-state index contributed by atoms with van der Waals surface area (Å²) in [5, 5.41) is 10.4. The lowest BCUT2D eigenvalue weighted by Gasteiger charge is -2.17. The number of phenolic OH excluding ortho intramolecular Hbond substituents is 1. The van der Waals surface area contributed by atoms with E-state index in [0.717, 1.165) is 37.2 Å². The van der Waals surface area contributed by atoms with Gasteiger partial charge in [0.25, 0.3) is 5.56 Å². The summed E-state index contributed by atoms with van der Waals surface area (Å²) in [6.07, 6.45) is 2.20. The van der Waals surface area contributed by atoms with Crippen LogP contribution in [-0.2, 0) is 25.8 Å². The van der Waals surface area contributed by atoms with Crippen LogP contribution in [0.2, 0.25) is 0 Å². The highest BCUT2D eigenvalue weighted by Gasteiger charge is 2.21. The summed E-state index contributed by atoms with van der Waals surface area (Å²) in [5.74, 6) is 0.705. The third kappa shape index (κ3) is 3.71. The number of benzene rings is 2. The molecule has 0 fully saturated rings. The molecule has 0 atom stereocenters. The summed E-state index contributed by atoms with van der Waals surface area (Å²) in [5.41, 5.74) is 3.48. The first-order valence-electron chi connectivity index (χ1n) is 9.77. The molecule has 5 nitrogen and oxygen atoms in total. The minimum absolute atomic E-state index is 0.0227. The van der Waals surface area contributed by atoms with Crippen molar-refractivity contribution in [3.8, 4) is 17.1 Å². The molecule has 2 heterocycles. The molecule has 1 aliphatic heterocycles. The number of hydrogen-bond donors (Lipinski definition) is 1. The minimum atomic E-state index is 0.0227. The lowest BCUT2D eigenvalue weighted by atomic mass is 10.1. The number of nitrogens with zero attached hydrogens (tertiary/aromatic N) is 3. The van der Waals surface area contributed by atoms with Crippen molar-refractivity contribution in [2.75, 3.05) is 20.1 Å². The second-order valence-corrected chi connectivity index (χ2v) is 7.37. The molecule has 2 aromatic carbocycles. The zero-order valence-corrected chi connectivity index (χ0v) is 16.1. The van der Waals surface area contributed by atoms with Crippen LogP contribution < -0.4 is 5.56 Å². The molecule has 5 heteroatoms. The van der Waals surface area contributed by atoms with Gasteiger partial charge in [0.2, 0.25) is 0 Å². The average Bonchev–Trinajstić information content (AvgIpc) is 2.90. The predicted octanol–water partition coefficient (Wildman–Crippen LogP) is 2.89. The quantitative estimate of drug-likeness (QED) is 0.762. The first kappa shape index (κ1) is 18.4. The fraction of sp³-hybridized carbons (Fsp3) is 0.304. The normalized spacial score (nSPS) is 14.5. The van der Waals surface area contributed by atoms with Gasteiger partial charge in [-0.2, -0.15) is 0 Å². The van der Waals surface area contributed by atoms with E-state index in [1.54, 1.807) is 16.7 Å². The van der Waals surface area contributed by atoms with Crippen LogP contribution in [0, 0.1) is 0 Å². The largest absolute Gasteiger partial charge is 0.507 e. The standard InChI is InChI=1S/C23H25N3O2/c1-25-14-12-18-20(13-15-25)24-22(19-9-5-6-10-21(19)27)26(23(18)28)16-11-17-7-3-2-4-8-17/h2-10,27H,11-16H2,1H3. The van der Waals surface area contributed by atoms with Crippen LogP contribution in [0.15, 0.2) is 59.4 Å². The van der Waals surface area contributed by atoms with Crippen molar-refractivity contribution in [3.63, 3.8) is 0 Å². The zero-order valence-electron chi connectivity index (χ0n) is 16.1. The Bertz CT molecular complexity index is 1030. The van der Waals surface area contributed by atoms with Gasteiger partial charge < -0.3 is 10.0 Å². The molecule has 28 heavy (non-hydrogen) atoms. The average molecular weight is 375 g/mol. The summed E-state index contributed by atoms with van der Waals surface area (Å²) in [6.45, 7) is 2.27. The fourth-order valence-corrected chi connectivity index (χ4v) is 3.77. The summed E-state index contributed by atoms with van der Waals surface area (Å²) in [4.78, 5) is 20.5. The zero-order chi connectivity index (χ0) is 19.5. The van der Waals surface area contributed by atoms with E-state index in [2.05, 4.69) is 24.1 Å². The van der Waals surface area contributed by atoms with Crippen LogP contribution in [0.1, 0.15) is 16.8 Å². The fourth-order valence-electron chi connectivity index (χ4n) is 3.77. The van der Waals surface area contributed by atoms with Gasteiger partial charge in [0.15, 0.2) is 0 Å². The maximum atomic E-state index is 13.4. The maximum Gasteiger partial charge on any atom is 0.257 e. The summed E-state index contributed by atoms with van der Waals surface area (Å²) < 4.78 is 1.74. The van der Waals surface area contributed by atoms with Gasteiger partial charge in [0.05, 0.1) is 11.3 Å². The molecule has 0 radical (unpaired) electrons. The van der Waals surface area contributed by atoms with E-state index in [4.69, 9.17) is 4.98 Å². The Kier molecular flexibility index (Phi) is 5.26. The van der Waals surface area contributed by atoms with Crippen molar-refractivity contribution in [3.05, 3.63) is 81.8 Å². The monoisotopic (exact) mass is 375 g/mol. The molecule has 1 aromatic heterocycles. The second kappa shape index (κ2) is 7.98. The van der Waals surface area contributed by atoms with Crippen molar-refractivity contribution >= 4 is 0 Å². The first-order chi connectivity index (χ1) is 13.6. The highest BCUT2D eigenvalue weighted by atomic mass is 16.3. The van der Waals surface area contributed by atoms with Crippen molar-refractivity contribution in [1.29, 1.82) is 0 Å². The van der Waals surface area contributed by atoms with Gasteiger partial charge in [-0.3, -0.25) is 9.36 Å². The van der Waals surface area contributed by atoms with Gasteiger partial charge in [-0.15, -0.1) is 0 Å². The van der Waals surface area contributed by atoms with E-state index < -0.39 is 0 Å². The molecular weight excluding hydrogens is 350 g/mol. The van der Waals surface area contributed by atoms with Gasteiger partial charge in [-0.25, -0.2) is 4.98 Å². The van der Waals surface area contributed by atoms with E-state index in [1.807, 2.05) is 30.3 Å². The summed E-state index contributed by atoms with van der Waals surface area (Å²) in [6, 6.07) is 17.2. The first-order valence-corrected chi connectivity index (χ1v) is 9.77. The molecule has 1 aliphatic rings. The number of likely N-dealkylation sites (N-methyl/N-ethyl adjacent to an activating group) is 1. The molecule has 144 valence electrons. The Morgan fingerprint density at radius 2 is 1.71 bits per heavy atom. The maximum absolute atomic E-state index is 13.4. The van der Waals surface area contributed by atoms with E-state index >= 15 is 0 Å². The molecule has 0 saturated heterocycles. The van der Waals surface area contributed by atoms with Crippen molar-refractivity contribution in [2.45, 2.75) is 25.8 Å². The van der Waals surface area contributed by atoms with Crippen LogP contribution in [-0.4, -0.2) is 39.7 Å². The topological polar surface area (TPSA) is 58.4 Å². The summed E-state index contributed by atoms with van der Waals surface area (Å²) in [7, 11) is 2.07. The number of aromatic nitrogens is 2. The number of para-hydroxylation sites is 1. The van der Waals surface area contributed by atoms with Gasteiger partial charge in [-0.1, -0.05) is 42.5 Å². The molecular formula is C23H25N3O2. The van der Waals surface area contributed by atoms with E-state index in [0.29, 0.717) is 24.4 Å². The number of aromatic hydroxyl groups is 1. The van der Waals surface area contributed by atoms with Crippen molar-refractivity contribution < 1.29 is 5.11 Å². The van der Waals surface area contributed by atoms with E-state index in [9.17, 15) is 9.90 Å². The predicted molar refractivity (Wildman–Crippen MR) is 111 cm³/mol. The molecule has 0 bridgehead atoms. The Morgan fingerprint density at radius 1 is 1.00 bits per heavy atom. The molecule has 0 aliphatic carbocycles. The van der Waals surface area contributed by atoms with E-state index in [1.165, 1.54) is 5.56 Å². The molecule has 0 unspecified atom stereocenters. The number of phenols is 1. The molecule has 0 saturated carbocycles. The molecule has 4 rings (SSSR count). The van der Waals surface area contributed by atoms with Gasteiger partial charge in [-0.05, 0) is 37.6 Å². The van der Waals surface area contributed by atoms with Crippen LogP contribution >= 0.6 is 0 Å². The third-order valence-electron chi connectivity index (χ3n) is 5.43. The Hall–Kier alpha value is -2.92. The van der Waals surface area contributed by atoms with Crippen LogP contribution in [0.5, 0.6) is 5.75 Å². The highest BCUT2D eigenvalue weighted by molar-refractivity contribution is 5.64. The summed E-state index contributed by atoms with van der Waals surface area (Å²) >= 11 is 0. The number of aryl methyl sites for hydroxylation is 1. The van der Waals surface area contributed by atoms with Gasteiger partial charge in [0.1, 0.15) is 11.6 Å². The van der Waals surface area contributed by atoms with Crippen molar-refractivity contribution in [2.24, 2.45) is 0 Å². The van der Waals surface area contributed by atoms with Crippen LogP contribution in [0.25, 0.3) is 11.4 Å². The van der Waals surface area contributed by atoms with Crippen LogP contribution in [0.4, 0.5) is 0 Å². The molecule has 3 aromatic rings. The Morgan fingerprint density at radius 3 is 2.50 bits per heavy atom. The number of fused-ring (bicyclic) bond motifs is 1. The third-order valence-corrected chi connectivity index (χ3v) is 5.43. The lowest BCUT2D eigenvalue weighted by molar-refractivity contribution is 0.351.